The third kappa shape index (κ3) is 3.65. The molecule has 1 aliphatic rings. The van der Waals surface area contributed by atoms with Crippen molar-refractivity contribution in [3.05, 3.63) is 46.2 Å². The Labute approximate surface area is 149 Å². The molecule has 0 spiro atoms. The first-order chi connectivity index (χ1) is 11.5. The summed E-state index contributed by atoms with van der Waals surface area (Å²) in [5.74, 6) is -0.0342. The second kappa shape index (κ2) is 6.99. The number of thioether (sulfide) groups is 1. The van der Waals surface area contributed by atoms with Crippen molar-refractivity contribution < 1.29 is 4.79 Å². The third-order valence-electron chi connectivity index (χ3n) is 3.77. The Morgan fingerprint density at radius 3 is 3.00 bits per heavy atom. The van der Waals surface area contributed by atoms with Crippen molar-refractivity contribution in [2.75, 3.05) is 0 Å². The number of aromatic nitrogens is 2. The zero-order valence-corrected chi connectivity index (χ0v) is 14.9. The molecule has 5 nitrogen and oxygen atoms in total. The molecule has 0 saturated heterocycles. The molecule has 2 aromatic rings. The van der Waals surface area contributed by atoms with Crippen molar-refractivity contribution in [3.63, 3.8) is 0 Å². The predicted octanol–water partition coefficient (Wildman–Crippen LogP) is 3.00. The SMILES string of the molecule is C=CCn1c(SC(C)C(=O)NC2CC2)nc2cc(Cl)ccc2c1=O. The molecule has 7 heteroatoms. The minimum absolute atomic E-state index is 0.0342. The van der Waals surface area contributed by atoms with Crippen LogP contribution in [0.25, 0.3) is 10.9 Å². The van der Waals surface area contributed by atoms with Crippen LogP contribution in [0.1, 0.15) is 19.8 Å². The summed E-state index contributed by atoms with van der Waals surface area (Å²) in [6.45, 7) is 5.85. The van der Waals surface area contributed by atoms with Crippen molar-refractivity contribution in [1.82, 2.24) is 14.9 Å². The van der Waals surface area contributed by atoms with Gasteiger partial charge in [0.05, 0.1) is 16.2 Å². The van der Waals surface area contributed by atoms with Crippen LogP contribution >= 0.6 is 23.4 Å². The van der Waals surface area contributed by atoms with E-state index in [0.717, 1.165) is 12.8 Å². The lowest BCUT2D eigenvalue weighted by Gasteiger charge is -2.15. The molecule has 1 unspecified atom stereocenters. The second-order valence-corrected chi connectivity index (χ2v) is 7.55. The summed E-state index contributed by atoms with van der Waals surface area (Å²) in [7, 11) is 0. The van der Waals surface area contributed by atoms with Crippen LogP contribution in [0.5, 0.6) is 0 Å². The van der Waals surface area contributed by atoms with Gasteiger partial charge < -0.3 is 5.32 Å². The van der Waals surface area contributed by atoms with Crippen LogP contribution in [0.4, 0.5) is 0 Å². The summed E-state index contributed by atoms with van der Waals surface area (Å²) >= 11 is 7.28. The number of allylic oxidation sites excluding steroid dienone is 1. The van der Waals surface area contributed by atoms with E-state index >= 15 is 0 Å². The summed E-state index contributed by atoms with van der Waals surface area (Å²) in [6.07, 6.45) is 3.72. The van der Waals surface area contributed by atoms with E-state index in [2.05, 4.69) is 16.9 Å². The van der Waals surface area contributed by atoms with Gasteiger partial charge >= 0.3 is 0 Å². The summed E-state index contributed by atoms with van der Waals surface area (Å²) in [4.78, 5) is 29.4. The number of nitrogens with zero attached hydrogens (tertiary/aromatic N) is 2. The smallest absolute Gasteiger partial charge is 0.262 e. The Balaban J connectivity index is 1.97. The highest BCUT2D eigenvalue weighted by atomic mass is 35.5. The molecule has 1 atom stereocenters. The number of nitrogens with one attached hydrogen (secondary N) is 1. The maximum atomic E-state index is 12.7. The number of carbonyl (C=O) groups excluding carboxylic acids is 1. The highest BCUT2D eigenvalue weighted by Crippen LogP contribution is 2.25. The monoisotopic (exact) mass is 363 g/mol. The molecule has 1 fully saturated rings. The Kier molecular flexibility index (Phi) is 4.96. The molecule has 1 aromatic carbocycles. The first-order valence-electron chi connectivity index (χ1n) is 7.77. The van der Waals surface area contributed by atoms with E-state index in [1.165, 1.54) is 16.3 Å². The van der Waals surface area contributed by atoms with Crippen LogP contribution < -0.4 is 10.9 Å². The predicted molar refractivity (Wildman–Crippen MR) is 97.7 cm³/mol. The van der Waals surface area contributed by atoms with Crippen LogP contribution in [-0.2, 0) is 11.3 Å². The standard InChI is InChI=1S/C17H18ClN3O2S/c1-3-8-21-16(23)13-7-4-11(18)9-14(13)20-17(21)24-10(2)15(22)19-12-5-6-12/h3-4,7,9-10,12H,1,5-6,8H2,2H3,(H,19,22). The van der Waals surface area contributed by atoms with Crippen LogP contribution in [-0.4, -0.2) is 26.8 Å². The zero-order valence-electron chi connectivity index (χ0n) is 13.3. The van der Waals surface area contributed by atoms with Gasteiger partial charge in [-0.15, -0.1) is 6.58 Å². The Morgan fingerprint density at radius 1 is 1.58 bits per heavy atom. The molecule has 0 bridgehead atoms. The number of hydrogen-bond acceptors (Lipinski definition) is 4. The van der Waals surface area contributed by atoms with Gasteiger partial charge in [-0.1, -0.05) is 29.4 Å². The molecule has 0 radical (unpaired) electrons. The van der Waals surface area contributed by atoms with Crippen LogP contribution in [0.15, 0.2) is 40.8 Å². The number of amides is 1. The van der Waals surface area contributed by atoms with Gasteiger partial charge in [0.15, 0.2) is 5.16 Å². The van der Waals surface area contributed by atoms with E-state index < -0.39 is 0 Å². The summed E-state index contributed by atoms with van der Waals surface area (Å²) in [5.41, 5.74) is 0.374. The number of hydrogen-bond donors (Lipinski definition) is 1. The highest BCUT2D eigenvalue weighted by Gasteiger charge is 2.27. The molecule has 3 rings (SSSR count). The Morgan fingerprint density at radius 2 is 2.33 bits per heavy atom. The molecule has 1 amide bonds. The van der Waals surface area contributed by atoms with Crippen LogP contribution in [0, 0.1) is 0 Å². The minimum Gasteiger partial charge on any atom is -0.352 e. The van der Waals surface area contributed by atoms with Gasteiger partial charge in [0, 0.05) is 17.6 Å². The average molecular weight is 364 g/mol. The number of halogens is 1. The Bertz CT molecular complexity index is 861. The first-order valence-corrected chi connectivity index (χ1v) is 9.03. The van der Waals surface area contributed by atoms with Crippen molar-refractivity contribution >= 4 is 40.2 Å². The lowest BCUT2D eigenvalue weighted by Crippen LogP contribution is -2.33. The number of carbonyl (C=O) groups is 1. The minimum atomic E-state index is -0.342. The van der Waals surface area contributed by atoms with Crippen molar-refractivity contribution in [3.8, 4) is 0 Å². The molecule has 1 heterocycles. The lowest BCUT2D eigenvalue weighted by molar-refractivity contribution is -0.120. The van der Waals surface area contributed by atoms with Crippen molar-refractivity contribution in [2.24, 2.45) is 0 Å². The number of fused-ring (bicyclic) bond motifs is 1. The van der Waals surface area contributed by atoms with Crippen LogP contribution in [0.2, 0.25) is 5.02 Å². The van der Waals surface area contributed by atoms with E-state index in [4.69, 9.17) is 11.6 Å². The van der Waals surface area contributed by atoms with Crippen molar-refractivity contribution in [2.45, 2.75) is 42.8 Å². The Hall–Kier alpha value is -1.79. The molecule has 126 valence electrons. The molecule has 1 saturated carbocycles. The van der Waals surface area contributed by atoms with E-state index in [-0.39, 0.29) is 16.7 Å². The molecule has 1 aliphatic carbocycles. The fraction of sp³-hybridized carbons (Fsp3) is 0.353. The van der Waals surface area contributed by atoms with Gasteiger partial charge in [0.1, 0.15) is 0 Å². The number of benzene rings is 1. The van der Waals surface area contributed by atoms with Crippen LogP contribution in [0.3, 0.4) is 0 Å². The fourth-order valence-corrected chi connectivity index (χ4v) is 3.41. The summed E-state index contributed by atoms with van der Waals surface area (Å²) in [5, 5.41) is 4.14. The van der Waals surface area contributed by atoms with Gasteiger partial charge in [-0.05, 0) is 38.0 Å². The average Bonchev–Trinajstić information content (AvgIpc) is 3.34. The molecule has 1 aromatic heterocycles. The van der Waals surface area contributed by atoms with Gasteiger partial charge in [0.2, 0.25) is 5.91 Å². The van der Waals surface area contributed by atoms with Gasteiger partial charge in [0.25, 0.3) is 5.56 Å². The van der Waals surface area contributed by atoms with Crippen molar-refractivity contribution in [1.29, 1.82) is 0 Å². The lowest BCUT2D eigenvalue weighted by atomic mass is 10.2. The van der Waals surface area contributed by atoms with E-state index in [9.17, 15) is 9.59 Å². The largest absolute Gasteiger partial charge is 0.352 e. The maximum absolute atomic E-state index is 12.7. The quantitative estimate of drug-likeness (QED) is 0.487. The third-order valence-corrected chi connectivity index (χ3v) is 5.09. The van der Waals surface area contributed by atoms with E-state index in [1.807, 2.05) is 6.92 Å². The van der Waals surface area contributed by atoms with Gasteiger partial charge in [-0.3, -0.25) is 14.2 Å². The summed E-state index contributed by atoms with van der Waals surface area (Å²) < 4.78 is 1.54. The fourth-order valence-electron chi connectivity index (χ4n) is 2.31. The molecule has 1 N–H and O–H groups in total. The molecule has 0 aliphatic heterocycles. The number of rotatable bonds is 6. The highest BCUT2D eigenvalue weighted by molar-refractivity contribution is 8.00. The first kappa shape index (κ1) is 17.0. The summed E-state index contributed by atoms with van der Waals surface area (Å²) in [6, 6.07) is 5.31. The second-order valence-electron chi connectivity index (χ2n) is 5.80. The maximum Gasteiger partial charge on any atom is 0.262 e. The molecular weight excluding hydrogens is 346 g/mol. The van der Waals surface area contributed by atoms with E-state index in [0.29, 0.717) is 33.7 Å². The van der Waals surface area contributed by atoms with Gasteiger partial charge in [-0.25, -0.2) is 4.98 Å². The molecular formula is C17H18ClN3O2S. The molecule has 24 heavy (non-hydrogen) atoms. The zero-order chi connectivity index (χ0) is 17.3. The topological polar surface area (TPSA) is 64.0 Å². The van der Waals surface area contributed by atoms with E-state index in [1.54, 1.807) is 24.3 Å². The normalized spacial score (nSPS) is 15.2. The van der Waals surface area contributed by atoms with Gasteiger partial charge in [-0.2, -0.15) is 0 Å².